The molecule has 0 aromatic heterocycles. The lowest BCUT2D eigenvalue weighted by molar-refractivity contribution is -0.120. The highest BCUT2D eigenvalue weighted by Crippen LogP contribution is 2.17. The van der Waals surface area contributed by atoms with E-state index < -0.39 is 5.82 Å². The molecule has 0 radical (unpaired) electrons. The molecule has 23 heavy (non-hydrogen) atoms. The molecule has 0 heterocycles. The van der Waals surface area contributed by atoms with Crippen LogP contribution in [0.15, 0.2) is 46.9 Å². The van der Waals surface area contributed by atoms with Crippen LogP contribution in [0, 0.1) is 5.82 Å². The van der Waals surface area contributed by atoms with Crippen molar-refractivity contribution in [3.8, 4) is 11.5 Å². The van der Waals surface area contributed by atoms with Crippen molar-refractivity contribution < 1.29 is 18.7 Å². The quantitative estimate of drug-likeness (QED) is 0.748. The number of nitrogens with one attached hydrogen (secondary N) is 1. The van der Waals surface area contributed by atoms with Crippen LogP contribution in [0.25, 0.3) is 0 Å². The van der Waals surface area contributed by atoms with Gasteiger partial charge in [-0.15, -0.1) is 0 Å². The summed E-state index contributed by atoms with van der Waals surface area (Å²) in [6, 6.07) is 11.7. The number of ether oxygens (including phenoxy) is 2. The predicted molar refractivity (Wildman–Crippen MR) is 89.3 cm³/mol. The van der Waals surface area contributed by atoms with E-state index in [9.17, 15) is 9.18 Å². The molecule has 0 saturated carbocycles. The lowest BCUT2D eigenvalue weighted by atomic mass is 10.1. The monoisotopic (exact) mass is 381 g/mol. The van der Waals surface area contributed by atoms with Gasteiger partial charge in [0.15, 0.2) is 0 Å². The number of hydrogen-bond donors (Lipinski definition) is 1. The molecular formula is C17H17BrFNO3. The average Bonchev–Trinajstić information content (AvgIpc) is 2.55. The van der Waals surface area contributed by atoms with E-state index >= 15 is 0 Å². The van der Waals surface area contributed by atoms with Crippen molar-refractivity contribution in [1.82, 2.24) is 5.32 Å². The number of halogens is 2. The summed E-state index contributed by atoms with van der Waals surface area (Å²) < 4.78 is 24.9. The summed E-state index contributed by atoms with van der Waals surface area (Å²) in [5.41, 5.74) is 0.355. The first-order valence-electron chi connectivity index (χ1n) is 7.06. The molecule has 0 aliphatic heterocycles. The van der Waals surface area contributed by atoms with Gasteiger partial charge in [-0.3, -0.25) is 4.79 Å². The van der Waals surface area contributed by atoms with E-state index in [1.165, 1.54) is 6.07 Å². The molecule has 2 aromatic rings. The van der Waals surface area contributed by atoms with Crippen molar-refractivity contribution in [2.45, 2.75) is 6.42 Å². The Morgan fingerprint density at radius 2 is 1.87 bits per heavy atom. The second-order valence-corrected chi connectivity index (χ2v) is 5.70. The lowest BCUT2D eigenvalue weighted by Crippen LogP contribution is -2.29. The zero-order chi connectivity index (χ0) is 16.7. The molecule has 0 fully saturated rings. The van der Waals surface area contributed by atoms with Crippen molar-refractivity contribution in [3.05, 3.63) is 58.3 Å². The highest BCUT2D eigenvalue weighted by atomic mass is 79.9. The Kier molecular flexibility index (Phi) is 6.40. The molecule has 1 N–H and O–H groups in total. The summed E-state index contributed by atoms with van der Waals surface area (Å²) >= 11 is 3.26. The number of carbonyl (C=O) groups excluding carboxylic acids is 1. The fraction of sp³-hybridized carbons (Fsp3) is 0.235. The van der Waals surface area contributed by atoms with Gasteiger partial charge in [0.1, 0.15) is 23.9 Å². The normalized spacial score (nSPS) is 10.2. The van der Waals surface area contributed by atoms with Crippen molar-refractivity contribution in [1.29, 1.82) is 0 Å². The third-order valence-electron chi connectivity index (χ3n) is 3.11. The van der Waals surface area contributed by atoms with Crippen LogP contribution in [-0.4, -0.2) is 26.2 Å². The predicted octanol–water partition coefficient (Wildman–Crippen LogP) is 3.33. The highest BCUT2D eigenvalue weighted by molar-refractivity contribution is 9.10. The summed E-state index contributed by atoms with van der Waals surface area (Å²) in [7, 11) is 1.60. The van der Waals surface area contributed by atoms with Gasteiger partial charge >= 0.3 is 0 Å². The first-order valence-corrected chi connectivity index (χ1v) is 7.85. The Morgan fingerprint density at radius 3 is 2.57 bits per heavy atom. The fourth-order valence-corrected chi connectivity index (χ4v) is 2.35. The van der Waals surface area contributed by atoms with Gasteiger partial charge < -0.3 is 14.8 Å². The van der Waals surface area contributed by atoms with Crippen LogP contribution in [0.4, 0.5) is 4.39 Å². The van der Waals surface area contributed by atoms with E-state index in [0.29, 0.717) is 24.5 Å². The Morgan fingerprint density at radius 1 is 1.17 bits per heavy atom. The van der Waals surface area contributed by atoms with E-state index in [0.717, 1.165) is 10.2 Å². The van der Waals surface area contributed by atoms with Crippen LogP contribution in [0.3, 0.4) is 0 Å². The summed E-state index contributed by atoms with van der Waals surface area (Å²) in [5.74, 6) is 0.804. The molecule has 0 atom stereocenters. The van der Waals surface area contributed by atoms with Crippen LogP contribution in [0.2, 0.25) is 0 Å². The topological polar surface area (TPSA) is 47.6 Å². The zero-order valence-electron chi connectivity index (χ0n) is 12.6. The Bertz CT molecular complexity index is 661. The second kappa shape index (κ2) is 8.53. The van der Waals surface area contributed by atoms with Crippen LogP contribution >= 0.6 is 15.9 Å². The molecule has 122 valence electrons. The second-order valence-electron chi connectivity index (χ2n) is 4.79. The summed E-state index contributed by atoms with van der Waals surface area (Å²) in [5, 5.41) is 2.70. The number of rotatable bonds is 7. The SMILES string of the molecule is COc1ccc(OCCNC(=O)Cc2cc(Br)ccc2F)cc1. The summed E-state index contributed by atoms with van der Waals surface area (Å²) in [6.45, 7) is 0.680. The average molecular weight is 382 g/mol. The smallest absolute Gasteiger partial charge is 0.224 e. The van der Waals surface area contributed by atoms with Gasteiger partial charge in [0, 0.05) is 4.47 Å². The summed E-state index contributed by atoms with van der Waals surface area (Å²) in [6.07, 6.45) is -0.00614. The molecule has 2 aromatic carbocycles. The number of benzene rings is 2. The van der Waals surface area contributed by atoms with E-state index in [1.807, 2.05) is 0 Å². The van der Waals surface area contributed by atoms with E-state index in [2.05, 4.69) is 21.2 Å². The van der Waals surface area contributed by atoms with E-state index in [-0.39, 0.29) is 12.3 Å². The molecule has 2 rings (SSSR count). The minimum absolute atomic E-state index is 0.00614. The maximum absolute atomic E-state index is 13.6. The van der Waals surface area contributed by atoms with Gasteiger partial charge in [-0.25, -0.2) is 4.39 Å². The minimum atomic E-state index is -0.391. The molecule has 0 unspecified atom stereocenters. The molecular weight excluding hydrogens is 365 g/mol. The number of hydrogen-bond acceptors (Lipinski definition) is 3. The van der Waals surface area contributed by atoms with Gasteiger partial charge in [0.05, 0.1) is 20.1 Å². The third kappa shape index (κ3) is 5.56. The van der Waals surface area contributed by atoms with Gasteiger partial charge in [-0.1, -0.05) is 15.9 Å². The highest BCUT2D eigenvalue weighted by Gasteiger charge is 2.08. The fourth-order valence-electron chi connectivity index (χ4n) is 1.95. The lowest BCUT2D eigenvalue weighted by Gasteiger charge is -2.09. The Balaban J connectivity index is 1.73. The van der Waals surface area contributed by atoms with Crippen LogP contribution in [0.5, 0.6) is 11.5 Å². The van der Waals surface area contributed by atoms with E-state index in [1.54, 1.807) is 43.5 Å². The largest absolute Gasteiger partial charge is 0.497 e. The van der Waals surface area contributed by atoms with Crippen LogP contribution in [-0.2, 0) is 11.2 Å². The van der Waals surface area contributed by atoms with Crippen LogP contribution in [0.1, 0.15) is 5.56 Å². The van der Waals surface area contributed by atoms with Crippen molar-refractivity contribution in [2.24, 2.45) is 0 Å². The maximum Gasteiger partial charge on any atom is 0.224 e. The molecule has 0 spiro atoms. The summed E-state index contributed by atoms with van der Waals surface area (Å²) in [4.78, 5) is 11.8. The zero-order valence-corrected chi connectivity index (χ0v) is 14.2. The first-order chi connectivity index (χ1) is 11.1. The number of carbonyl (C=O) groups is 1. The van der Waals surface area contributed by atoms with Gasteiger partial charge in [-0.05, 0) is 48.0 Å². The Labute approximate surface area is 142 Å². The maximum atomic E-state index is 13.6. The third-order valence-corrected chi connectivity index (χ3v) is 3.60. The van der Waals surface area contributed by atoms with Crippen molar-refractivity contribution in [2.75, 3.05) is 20.3 Å². The molecule has 6 heteroatoms. The van der Waals surface area contributed by atoms with E-state index in [4.69, 9.17) is 9.47 Å². The van der Waals surface area contributed by atoms with Gasteiger partial charge in [-0.2, -0.15) is 0 Å². The minimum Gasteiger partial charge on any atom is -0.497 e. The molecule has 4 nitrogen and oxygen atoms in total. The van der Waals surface area contributed by atoms with Crippen LogP contribution < -0.4 is 14.8 Å². The van der Waals surface area contributed by atoms with Gasteiger partial charge in [0.2, 0.25) is 5.91 Å². The standard InChI is InChI=1S/C17H17BrFNO3/c1-22-14-3-5-15(6-4-14)23-9-8-20-17(21)11-12-10-13(18)2-7-16(12)19/h2-7,10H,8-9,11H2,1H3,(H,20,21). The molecule has 0 saturated heterocycles. The number of methoxy groups -OCH3 is 1. The molecule has 1 amide bonds. The molecule has 0 aliphatic rings. The molecule has 0 bridgehead atoms. The first kappa shape index (κ1) is 17.3. The van der Waals surface area contributed by atoms with Crippen molar-refractivity contribution >= 4 is 21.8 Å². The van der Waals surface area contributed by atoms with Gasteiger partial charge in [0.25, 0.3) is 0 Å². The molecule has 0 aliphatic carbocycles. The van der Waals surface area contributed by atoms with Crippen molar-refractivity contribution in [3.63, 3.8) is 0 Å². The number of amides is 1. The Hall–Kier alpha value is -2.08.